The van der Waals surface area contributed by atoms with E-state index in [2.05, 4.69) is 0 Å². The quantitative estimate of drug-likeness (QED) is 0.858. The van der Waals surface area contributed by atoms with E-state index in [0.29, 0.717) is 18.7 Å². The molecule has 0 radical (unpaired) electrons. The van der Waals surface area contributed by atoms with Gasteiger partial charge in [0.2, 0.25) is 0 Å². The maximum atomic E-state index is 12.5. The Balaban J connectivity index is 3.08. The fourth-order valence-corrected chi connectivity index (χ4v) is 2.01. The Kier molecular flexibility index (Phi) is 5.55. The largest absolute Gasteiger partial charge is 0.478 e. The van der Waals surface area contributed by atoms with Gasteiger partial charge >= 0.3 is 5.97 Å². The number of nitrogens with zero attached hydrogens (tertiary/aromatic N) is 1. The lowest BCUT2D eigenvalue weighted by molar-refractivity contribution is 0.0697. The number of rotatable bonds is 6. The number of aryl methyl sites for hydroxylation is 1. The van der Waals surface area contributed by atoms with Crippen LogP contribution in [0.5, 0.6) is 0 Å². The molecule has 0 aromatic heterocycles. The van der Waals surface area contributed by atoms with Crippen molar-refractivity contribution in [2.24, 2.45) is 0 Å². The Morgan fingerprint density at radius 3 is 2.21 bits per heavy atom. The summed E-state index contributed by atoms with van der Waals surface area (Å²) in [6.07, 6.45) is 1.78. The molecule has 104 valence electrons. The molecule has 0 aliphatic heterocycles. The number of carbonyl (C=O) groups is 2. The zero-order chi connectivity index (χ0) is 14.4. The molecule has 1 N–H and O–H groups in total. The van der Waals surface area contributed by atoms with Crippen molar-refractivity contribution in [2.75, 3.05) is 13.1 Å². The maximum absolute atomic E-state index is 12.5. The molecule has 4 heteroatoms. The minimum atomic E-state index is -1.01. The predicted molar refractivity (Wildman–Crippen MR) is 74.6 cm³/mol. The summed E-state index contributed by atoms with van der Waals surface area (Å²) >= 11 is 0. The van der Waals surface area contributed by atoms with Crippen LogP contribution in [0.25, 0.3) is 0 Å². The summed E-state index contributed by atoms with van der Waals surface area (Å²) in [5, 5.41) is 9.00. The molecular weight excluding hydrogens is 242 g/mol. The van der Waals surface area contributed by atoms with Gasteiger partial charge < -0.3 is 10.0 Å². The van der Waals surface area contributed by atoms with Crippen molar-refractivity contribution in [1.82, 2.24) is 4.90 Å². The van der Waals surface area contributed by atoms with Gasteiger partial charge in [-0.2, -0.15) is 0 Å². The second-order valence-electron chi connectivity index (χ2n) is 4.63. The highest BCUT2D eigenvalue weighted by Gasteiger charge is 2.18. The molecule has 0 fully saturated rings. The maximum Gasteiger partial charge on any atom is 0.335 e. The van der Waals surface area contributed by atoms with Gasteiger partial charge in [0.25, 0.3) is 5.91 Å². The third-order valence-corrected chi connectivity index (χ3v) is 2.99. The van der Waals surface area contributed by atoms with Crippen molar-refractivity contribution in [1.29, 1.82) is 0 Å². The highest BCUT2D eigenvalue weighted by molar-refractivity contribution is 5.98. The molecule has 0 bridgehead atoms. The molecule has 0 spiro atoms. The van der Waals surface area contributed by atoms with Gasteiger partial charge in [0.15, 0.2) is 0 Å². The second kappa shape index (κ2) is 6.92. The second-order valence-corrected chi connectivity index (χ2v) is 4.63. The van der Waals surface area contributed by atoms with Crippen LogP contribution in [0.1, 0.15) is 53.0 Å². The van der Waals surface area contributed by atoms with Crippen molar-refractivity contribution in [3.63, 3.8) is 0 Å². The van der Waals surface area contributed by atoms with E-state index in [0.717, 1.165) is 18.4 Å². The lowest BCUT2D eigenvalue weighted by Gasteiger charge is -2.22. The summed E-state index contributed by atoms with van der Waals surface area (Å²) < 4.78 is 0. The molecule has 0 heterocycles. The van der Waals surface area contributed by atoms with E-state index < -0.39 is 5.97 Å². The number of hydrogen-bond donors (Lipinski definition) is 1. The zero-order valence-electron chi connectivity index (χ0n) is 11.8. The molecule has 1 aromatic rings. The standard InChI is InChI=1S/C15H21NO3/c1-4-8-16(9-5-2)14(17)13-10-12(15(18)19)7-6-11(13)3/h6-7,10H,4-5,8-9H2,1-3H3,(H,18,19). The predicted octanol–water partition coefficient (Wildman–Crippen LogP) is 2.96. The van der Waals surface area contributed by atoms with Crippen LogP contribution in [-0.4, -0.2) is 35.0 Å². The van der Waals surface area contributed by atoms with Gasteiger partial charge in [0.05, 0.1) is 5.56 Å². The number of carboxylic acids is 1. The van der Waals surface area contributed by atoms with Crippen LogP contribution >= 0.6 is 0 Å². The Bertz CT molecular complexity index is 462. The smallest absolute Gasteiger partial charge is 0.335 e. The first kappa shape index (κ1) is 15.2. The van der Waals surface area contributed by atoms with E-state index in [-0.39, 0.29) is 11.5 Å². The summed E-state index contributed by atoms with van der Waals surface area (Å²) in [6.45, 7) is 7.27. The first-order chi connectivity index (χ1) is 9.01. The van der Waals surface area contributed by atoms with E-state index in [1.54, 1.807) is 11.0 Å². The van der Waals surface area contributed by atoms with Crippen LogP contribution in [0.2, 0.25) is 0 Å². The molecule has 1 amide bonds. The molecule has 0 unspecified atom stereocenters. The van der Waals surface area contributed by atoms with Crippen LogP contribution in [0.15, 0.2) is 18.2 Å². The summed E-state index contributed by atoms with van der Waals surface area (Å²) in [5.74, 6) is -1.09. The van der Waals surface area contributed by atoms with Crippen molar-refractivity contribution in [2.45, 2.75) is 33.6 Å². The van der Waals surface area contributed by atoms with Crippen molar-refractivity contribution >= 4 is 11.9 Å². The summed E-state index contributed by atoms with van der Waals surface area (Å²) in [5.41, 5.74) is 1.45. The number of amides is 1. The van der Waals surface area contributed by atoms with Crippen LogP contribution in [0.3, 0.4) is 0 Å². The SMILES string of the molecule is CCCN(CCC)C(=O)c1cc(C(=O)O)ccc1C. The van der Waals surface area contributed by atoms with Crippen LogP contribution in [0, 0.1) is 6.92 Å². The summed E-state index contributed by atoms with van der Waals surface area (Å²) in [4.78, 5) is 25.2. The molecule has 1 aromatic carbocycles. The van der Waals surface area contributed by atoms with E-state index >= 15 is 0 Å². The summed E-state index contributed by atoms with van der Waals surface area (Å²) in [6, 6.07) is 4.68. The van der Waals surface area contributed by atoms with E-state index in [9.17, 15) is 9.59 Å². The Hall–Kier alpha value is -1.84. The molecule has 1 rings (SSSR count). The minimum Gasteiger partial charge on any atom is -0.478 e. The van der Waals surface area contributed by atoms with E-state index in [1.165, 1.54) is 12.1 Å². The summed E-state index contributed by atoms with van der Waals surface area (Å²) in [7, 11) is 0. The molecule has 0 aliphatic carbocycles. The van der Waals surface area contributed by atoms with Crippen LogP contribution in [-0.2, 0) is 0 Å². The van der Waals surface area contributed by atoms with Gasteiger partial charge in [-0.25, -0.2) is 4.79 Å². The molecular formula is C15H21NO3. The van der Waals surface area contributed by atoms with Gasteiger partial charge in [-0.3, -0.25) is 4.79 Å². The molecule has 0 saturated heterocycles. The third kappa shape index (κ3) is 3.81. The van der Waals surface area contributed by atoms with Crippen LogP contribution in [0.4, 0.5) is 0 Å². The average Bonchev–Trinajstić information content (AvgIpc) is 2.38. The van der Waals surface area contributed by atoms with Crippen molar-refractivity contribution < 1.29 is 14.7 Å². The van der Waals surface area contributed by atoms with Gasteiger partial charge in [-0.1, -0.05) is 19.9 Å². The van der Waals surface area contributed by atoms with Crippen LogP contribution < -0.4 is 0 Å². The van der Waals surface area contributed by atoms with Gasteiger partial charge in [-0.05, 0) is 37.5 Å². The molecule has 0 aliphatic rings. The number of carbonyl (C=O) groups excluding carboxylic acids is 1. The average molecular weight is 263 g/mol. The molecule has 0 saturated carbocycles. The Morgan fingerprint density at radius 1 is 1.16 bits per heavy atom. The van der Waals surface area contributed by atoms with Crippen molar-refractivity contribution in [3.05, 3.63) is 34.9 Å². The molecule has 19 heavy (non-hydrogen) atoms. The Morgan fingerprint density at radius 2 is 1.74 bits per heavy atom. The Labute approximate surface area is 114 Å². The topological polar surface area (TPSA) is 57.6 Å². The van der Waals surface area contributed by atoms with E-state index in [4.69, 9.17) is 5.11 Å². The highest BCUT2D eigenvalue weighted by atomic mass is 16.4. The fourth-order valence-electron chi connectivity index (χ4n) is 2.01. The van der Waals surface area contributed by atoms with Crippen molar-refractivity contribution in [3.8, 4) is 0 Å². The number of aromatic carboxylic acids is 1. The van der Waals surface area contributed by atoms with Gasteiger partial charge in [0, 0.05) is 18.7 Å². The third-order valence-electron chi connectivity index (χ3n) is 2.99. The van der Waals surface area contributed by atoms with Gasteiger partial charge in [0.1, 0.15) is 0 Å². The minimum absolute atomic E-state index is 0.0794. The first-order valence-electron chi connectivity index (χ1n) is 6.64. The first-order valence-corrected chi connectivity index (χ1v) is 6.64. The number of hydrogen-bond acceptors (Lipinski definition) is 2. The highest BCUT2D eigenvalue weighted by Crippen LogP contribution is 2.15. The number of benzene rings is 1. The zero-order valence-corrected chi connectivity index (χ0v) is 11.8. The lowest BCUT2D eigenvalue weighted by Crippen LogP contribution is -2.33. The normalized spacial score (nSPS) is 10.3. The molecule has 4 nitrogen and oxygen atoms in total. The lowest BCUT2D eigenvalue weighted by atomic mass is 10.0. The monoisotopic (exact) mass is 263 g/mol. The fraction of sp³-hybridized carbons (Fsp3) is 0.467. The van der Waals surface area contributed by atoms with E-state index in [1.807, 2.05) is 20.8 Å². The molecule has 0 atom stereocenters. The number of carboxylic acid groups (broad SMARTS) is 1. The van der Waals surface area contributed by atoms with Gasteiger partial charge in [-0.15, -0.1) is 0 Å².